The van der Waals surface area contributed by atoms with E-state index < -0.39 is 12.0 Å². The quantitative estimate of drug-likeness (QED) is 0.727. The molecule has 0 heterocycles. The summed E-state index contributed by atoms with van der Waals surface area (Å²) < 4.78 is 0. The summed E-state index contributed by atoms with van der Waals surface area (Å²) in [5.41, 5.74) is 5.64. The molecule has 16 heavy (non-hydrogen) atoms. The molecule has 1 amide bonds. The highest BCUT2D eigenvalue weighted by atomic mass is 16.4. The number of carboxylic acid groups (broad SMARTS) is 1. The van der Waals surface area contributed by atoms with Crippen molar-refractivity contribution in [1.29, 1.82) is 0 Å². The van der Waals surface area contributed by atoms with Gasteiger partial charge in [0.15, 0.2) is 0 Å². The normalized spacial score (nSPS) is 13.3. The van der Waals surface area contributed by atoms with E-state index in [0.717, 1.165) is 0 Å². The summed E-state index contributed by atoms with van der Waals surface area (Å²) in [4.78, 5) is 23.6. The van der Waals surface area contributed by atoms with E-state index in [1.54, 1.807) is 11.9 Å². The Morgan fingerprint density at radius 2 is 1.88 bits per heavy atom. The molecule has 0 aromatic carbocycles. The minimum Gasteiger partial charge on any atom is -0.481 e. The van der Waals surface area contributed by atoms with Crippen LogP contribution in [-0.4, -0.2) is 41.5 Å². The van der Waals surface area contributed by atoms with Gasteiger partial charge >= 0.3 is 5.97 Å². The Kier molecular flexibility index (Phi) is 5.44. The van der Waals surface area contributed by atoms with Crippen molar-refractivity contribution in [2.45, 2.75) is 39.7 Å². The fourth-order valence-corrected chi connectivity index (χ4v) is 1.47. The number of hydrogen-bond donors (Lipinski definition) is 2. The summed E-state index contributed by atoms with van der Waals surface area (Å²) in [6.07, 6.45) is 0.110. The zero-order valence-corrected chi connectivity index (χ0v) is 10.5. The van der Waals surface area contributed by atoms with Crippen LogP contribution in [-0.2, 0) is 9.59 Å². The van der Waals surface area contributed by atoms with Gasteiger partial charge in [-0.25, -0.2) is 0 Å². The van der Waals surface area contributed by atoms with Gasteiger partial charge in [-0.15, -0.1) is 0 Å². The largest absolute Gasteiger partial charge is 0.481 e. The lowest BCUT2D eigenvalue weighted by Crippen LogP contribution is -2.44. The molecule has 0 rings (SSSR count). The Morgan fingerprint density at radius 1 is 1.38 bits per heavy atom. The summed E-state index contributed by atoms with van der Waals surface area (Å²) >= 11 is 0. The smallest absolute Gasteiger partial charge is 0.303 e. The van der Waals surface area contributed by atoms with Crippen molar-refractivity contribution in [2.75, 3.05) is 13.6 Å². The summed E-state index contributed by atoms with van der Waals surface area (Å²) in [7, 11) is 1.69. The first-order valence-electron chi connectivity index (χ1n) is 5.36. The molecule has 0 bridgehead atoms. The van der Waals surface area contributed by atoms with Gasteiger partial charge in [-0.2, -0.15) is 0 Å². The second-order valence-corrected chi connectivity index (χ2v) is 5.29. The summed E-state index contributed by atoms with van der Waals surface area (Å²) in [6.45, 7) is 6.69. The molecular weight excluding hydrogens is 208 g/mol. The third-order valence-electron chi connectivity index (χ3n) is 2.07. The van der Waals surface area contributed by atoms with Crippen LogP contribution >= 0.6 is 0 Å². The number of carbonyl (C=O) groups excluding carboxylic acids is 1. The molecule has 0 fully saturated rings. The fraction of sp³-hybridized carbons (Fsp3) is 0.818. The average molecular weight is 230 g/mol. The Balaban J connectivity index is 4.17. The van der Waals surface area contributed by atoms with Crippen molar-refractivity contribution in [2.24, 2.45) is 11.1 Å². The summed E-state index contributed by atoms with van der Waals surface area (Å²) in [6, 6.07) is -0.719. The van der Waals surface area contributed by atoms with E-state index in [1.807, 2.05) is 20.8 Å². The van der Waals surface area contributed by atoms with Gasteiger partial charge in [0.25, 0.3) is 0 Å². The van der Waals surface area contributed by atoms with Crippen LogP contribution in [0.5, 0.6) is 0 Å². The highest BCUT2D eigenvalue weighted by molar-refractivity contribution is 5.82. The molecule has 0 saturated heterocycles. The van der Waals surface area contributed by atoms with Crippen molar-refractivity contribution in [3.05, 3.63) is 0 Å². The number of rotatable bonds is 5. The van der Waals surface area contributed by atoms with Gasteiger partial charge in [0.05, 0.1) is 6.04 Å². The Bertz CT molecular complexity index is 258. The molecule has 0 aromatic heterocycles. The molecule has 0 aliphatic heterocycles. The van der Waals surface area contributed by atoms with Crippen LogP contribution in [0, 0.1) is 5.41 Å². The Labute approximate surface area is 96.6 Å². The summed E-state index contributed by atoms with van der Waals surface area (Å²) in [5.74, 6) is -1.13. The van der Waals surface area contributed by atoms with Crippen molar-refractivity contribution >= 4 is 11.9 Å². The maximum Gasteiger partial charge on any atom is 0.303 e. The third-order valence-corrected chi connectivity index (χ3v) is 2.07. The van der Waals surface area contributed by atoms with Crippen LogP contribution < -0.4 is 5.73 Å². The zero-order chi connectivity index (χ0) is 12.9. The molecule has 1 unspecified atom stereocenters. The molecule has 0 aliphatic carbocycles. The molecule has 0 saturated carbocycles. The highest BCUT2D eigenvalue weighted by Gasteiger charge is 2.22. The molecule has 3 N–H and O–H groups in total. The number of carboxylic acids is 1. The standard InChI is InChI=1S/C11H22N2O3/c1-11(2,3)7-13(4)10(16)8(12)5-6-9(14)15/h8H,5-7,12H2,1-4H3,(H,14,15). The minimum atomic E-state index is -0.929. The van der Waals surface area contributed by atoms with E-state index in [1.165, 1.54) is 0 Å². The maximum absolute atomic E-state index is 11.7. The maximum atomic E-state index is 11.7. The molecule has 5 heteroatoms. The predicted molar refractivity (Wildman–Crippen MR) is 61.9 cm³/mol. The van der Waals surface area contributed by atoms with Crippen LogP contribution in [0.25, 0.3) is 0 Å². The third kappa shape index (κ3) is 6.40. The summed E-state index contributed by atoms with van der Waals surface area (Å²) in [5, 5.41) is 8.49. The predicted octanol–water partition coefficient (Wildman–Crippen LogP) is 0.683. The van der Waals surface area contributed by atoms with Crippen molar-refractivity contribution in [3.63, 3.8) is 0 Å². The molecule has 0 radical (unpaired) electrons. The minimum absolute atomic E-state index is 0.0108. The first-order chi connectivity index (χ1) is 7.13. The Hall–Kier alpha value is -1.10. The van der Waals surface area contributed by atoms with E-state index in [4.69, 9.17) is 10.8 Å². The number of aliphatic carboxylic acids is 1. The number of nitrogens with two attached hydrogens (primary N) is 1. The number of amides is 1. The van der Waals surface area contributed by atoms with Gasteiger partial charge in [0.2, 0.25) is 5.91 Å². The van der Waals surface area contributed by atoms with Gasteiger partial charge in [-0.1, -0.05) is 20.8 Å². The van der Waals surface area contributed by atoms with Crippen molar-refractivity contribution < 1.29 is 14.7 Å². The first-order valence-corrected chi connectivity index (χ1v) is 5.36. The lowest BCUT2D eigenvalue weighted by atomic mass is 9.96. The van der Waals surface area contributed by atoms with Gasteiger partial charge < -0.3 is 15.7 Å². The average Bonchev–Trinajstić information content (AvgIpc) is 2.10. The fourth-order valence-electron chi connectivity index (χ4n) is 1.47. The topological polar surface area (TPSA) is 83.6 Å². The van der Waals surface area contributed by atoms with Crippen molar-refractivity contribution in [1.82, 2.24) is 4.90 Å². The number of carbonyl (C=O) groups is 2. The van der Waals surface area contributed by atoms with Gasteiger partial charge in [-0.05, 0) is 11.8 Å². The van der Waals surface area contributed by atoms with E-state index in [2.05, 4.69) is 0 Å². The second kappa shape index (κ2) is 5.84. The lowest BCUT2D eigenvalue weighted by molar-refractivity contribution is -0.137. The molecular formula is C11H22N2O3. The Morgan fingerprint density at radius 3 is 2.25 bits per heavy atom. The molecule has 1 atom stereocenters. The molecule has 0 spiro atoms. The molecule has 0 aromatic rings. The first kappa shape index (κ1) is 14.9. The van der Waals surface area contributed by atoms with Crippen LogP contribution in [0.1, 0.15) is 33.6 Å². The van der Waals surface area contributed by atoms with Gasteiger partial charge in [-0.3, -0.25) is 9.59 Å². The van der Waals surface area contributed by atoms with Crippen LogP contribution in [0.3, 0.4) is 0 Å². The van der Waals surface area contributed by atoms with E-state index in [0.29, 0.717) is 6.54 Å². The number of hydrogen-bond acceptors (Lipinski definition) is 3. The van der Waals surface area contributed by atoms with E-state index in [9.17, 15) is 9.59 Å². The molecule has 5 nitrogen and oxygen atoms in total. The monoisotopic (exact) mass is 230 g/mol. The van der Waals surface area contributed by atoms with Crippen LogP contribution in [0.4, 0.5) is 0 Å². The van der Waals surface area contributed by atoms with Crippen LogP contribution in [0.2, 0.25) is 0 Å². The molecule has 94 valence electrons. The van der Waals surface area contributed by atoms with Gasteiger partial charge in [0, 0.05) is 20.0 Å². The second-order valence-electron chi connectivity index (χ2n) is 5.29. The van der Waals surface area contributed by atoms with Crippen LogP contribution in [0.15, 0.2) is 0 Å². The van der Waals surface area contributed by atoms with Crippen molar-refractivity contribution in [3.8, 4) is 0 Å². The SMILES string of the molecule is CN(CC(C)(C)C)C(=O)C(N)CCC(=O)O. The van der Waals surface area contributed by atoms with E-state index >= 15 is 0 Å². The number of likely N-dealkylation sites (N-methyl/N-ethyl adjacent to an activating group) is 1. The highest BCUT2D eigenvalue weighted by Crippen LogP contribution is 2.14. The number of nitrogens with zero attached hydrogens (tertiary/aromatic N) is 1. The lowest BCUT2D eigenvalue weighted by Gasteiger charge is -2.28. The van der Waals surface area contributed by atoms with E-state index in [-0.39, 0.29) is 24.2 Å². The molecule has 0 aliphatic rings. The zero-order valence-electron chi connectivity index (χ0n) is 10.5. The van der Waals surface area contributed by atoms with Gasteiger partial charge in [0.1, 0.15) is 0 Å².